The highest BCUT2D eigenvalue weighted by molar-refractivity contribution is 9.10. The van der Waals surface area contributed by atoms with E-state index in [1.807, 2.05) is 0 Å². The number of hydrogen-bond acceptors (Lipinski definition) is 3. The fourth-order valence-electron chi connectivity index (χ4n) is 1.40. The Morgan fingerprint density at radius 1 is 1.50 bits per heavy atom. The number of aliphatic carboxylic acids is 1. The summed E-state index contributed by atoms with van der Waals surface area (Å²) in [5, 5.41) is 8.69. The van der Waals surface area contributed by atoms with E-state index in [-0.39, 0.29) is 12.3 Å². The fraction of sp³-hybridized carbons (Fsp3) is 0.231. The van der Waals surface area contributed by atoms with Gasteiger partial charge in [0.25, 0.3) is 5.91 Å². The number of carbonyl (C=O) groups excluding carboxylic acids is 1. The van der Waals surface area contributed by atoms with Crippen molar-refractivity contribution in [3.63, 3.8) is 0 Å². The minimum atomic E-state index is -1.14. The number of carboxylic acid groups (broad SMARTS) is 1. The molecule has 1 aromatic rings. The molecule has 0 unspecified atom stereocenters. The standard InChI is InChI=1S/C13H13BrFNO4/c1-2-5-16(7-13(18)19)12(17)8-20-11-4-3-9(14)6-10(11)15/h2-4,6H,1,5,7-8H2,(H,18,19). The molecule has 0 spiro atoms. The summed E-state index contributed by atoms with van der Waals surface area (Å²) < 4.78 is 19.1. The van der Waals surface area contributed by atoms with Gasteiger partial charge in [0.15, 0.2) is 18.2 Å². The third-order valence-electron chi connectivity index (χ3n) is 2.27. The molecule has 0 fully saturated rings. The van der Waals surface area contributed by atoms with Crippen LogP contribution in [0.4, 0.5) is 4.39 Å². The molecule has 1 amide bonds. The van der Waals surface area contributed by atoms with Crippen molar-refractivity contribution in [2.45, 2.75) is 0 Å². The van der Waals surface area contributed by atoms with Gasteiger partial charge in [0.2, 0.25) is 0 Å². The van der Waals surface area contributed by atoms with Gasteiger partial charge in [-0.1, -0.05) is 22.0 Å². The van der Waals surface area contributed by atoms with E-state index in [0.29, 0.717) is 4.47 Å². The molecule has 0 atom stereocenters. The molecule has 0 aromatic heterocycles. The summed E-state index contributed by atoms with van der Waals surface area (Å²) >= 11 is 3.10. The van der Waals surface area contributed by atoms with E-state index >= 15 is 0 Å². The number of nitrogens with zero attached hydrogens (tertiary/aromatic N) is 1. The van der Waals surface area contributed by atoms with Gasteiger partial charge in [0.1, 0.15) is 6.54 Å². The smallest absolute Gasteiger partial charge is 0.323 e. The second-order valence-electron chi connectivity index (χ2n) is 3.82. The van der Waals surface area contributed by atoms with Crippen LogP contribution in [-0.2, 0) is 9.59 Å². The van der Waals surface area contributed by atoms with Crippen molar-refractivity contribution in [3.8, 4) is 5.75 Å². The van der Waals surface area contributed by atoms with E-state index in [2.05, 4.69) is 22.5 Å². The van der Waals surface area contributed by atoms with Gasteiger partial charge in [0.05, 0.1) is 0 Å². The van der Waals surface area contributed by atoms with Crippen LogP contribution < -0.4 is 4.74 Å². The van der Waals surface area contributed by atoms with Crippen molar-refractivity contribution < 1.29 is 23.8 Å². The Morgan fingerprint density at radius 3 is 2.75 bits per heavy atom. The van der Waals surface area contributed by atoms with E-state index < -0.39 is 30.8 Å². The quantitative estimate of drug-likeness (QED) is 0.768. The lowest BCUT2D eigenvalue weighted by Gasteiger charge is -2.19. The Hall–Kier alpha value is -1.89. The van der Waals surface area contributed by atoms with Gasteiger partial charge in [-0.25, -0.2) is 4.39 Å². The maximum atomic E-state index is 13.5. The first-order valence-electron chi connectivity index (χ1n) is 5.62. The van der Waals surface area contributed by atoms with Crippen LogP contribution in [0.2, 0.25) is 0 Å². The molecule has 108 valence electrons. The van der Waals surface area contributed by atoms with Crippen molar-refractivity contribution in [1.82, 2.24) is 4.90 Å². The zero-order valence-electron chi connectivity index (χ0n) is 10.5. The number of carbonyl (C=O) groups is 2. The molecule has 0 saturated carbocycles. The average Bonchev–Trinajstić information content (AvgIpc) is 2.36. The van der Waals surface area contributed by atoms with Crippen molar-refractivity contribution >= 4 is 27.8 Å². The maximum absolute atomic E-state index is 13.5. The number of ether oxygens (including phenoxy) is 1. The topological polar surface area (TPSA) is 66.8 Å². The van der Waals surface area contributed by atoms with E-state index in [1.165, 1.54) is 18.2 Å². The molecule has 0 aliphatic carbocycles. The van der Waals surface area contributed by atoms with Gasteiger partial charge < -0.3 is 14.7 Å². The molecule has 1 N–H and O–H groups in total. The van der Waals surface area contributed by atoms with E-state index in [4.69, 9.17) is 9.84 Å². The number of benzene rings is 1. The van der Waals surface area contributed by atoms with Crippen LogP contribution in [0.3, 0.4) is 0 Å². The highest BCUT2D eigenvalue weighted by Crippen LogP contribution is 2.21. The first-order valence-corrected chi connectivity index (χ1v) is 6.41. The highest BCUT2D eigenvalue weighted by atomic mass is 79.9. The summed E-state index contributed by atoms with van der Waals surface area (Å²) in [7, 11) is 0. The SMILES string of the molecule is C=CCN(CC(=O)O)C(=O)COc1ccc(Br)cc1F. The van der Waals surface area contributed by atoms with Crippen LogP contribution in [0, 0.1) is 5.82 Å². The molecule has 0 heterocycles. The van der Waals surface area contributed by atoms with Gasteiger partial charge in [-0.3, -0.25) is 9.59 Å². The lowest BCUT2D eigenvalue weighted by molar-refractivity contribution is -0.144. The maximum Gasteiger partial charge on any atom is 0.323 e. The lowest BCUT2D eigenvalue weighted by Crippen LogP contribution is -2.38. The Labute approximate surface area is 123 Å². The molecule has 20 heavy (non-hydrogen) atoms. The molecule has 0 radical (unpaired) electrons. The van der Waals surface area contributed by atoms with Crippen molar-refractivity contribution in [2.75, 3.05) is 19.7 Å². The first kappa shape index (κ1) is 16.2. The van der Waals surface area contributed by atoms with Crippen molar-refractivity contribution in [1.29, 1.82) is 0 Å². The summed E-state index contributed by atoms with van der Waals surface area (Å²) in [6, 6.07) is 4.15. The molecular weight excluding hydrogens is 333 g/mol. The summed E-state index contributed by atoms with van der Waals surface area (Å²) in [5.74, 6) is -2.39. The average molecular weight is 346 g/mol. The molecule has 1 aromatic carbocycles. The van der Waals surface area contributed by atoms with Gasteiger partial charge in [-0.15, -0.1) is 6.58 Å². The summed E-state index contributed by atoms with van der Waals surface area (Å²) in [4.78, 5) is 23.4. The zero-order chi connectivity index (χ0) is 15.1. The second-order valence-corrected chi connectivity index (χ2v) is 4.74. The van der Waals surface area contributed by atoms with Gasteiger partial charge >= 0.3 is 5.97 Å². The zero-order valence-corrected chi connectivity index (χ0v) is 12.1. The number of halogens is 2. The Balaban J connectivity index is 2.64. The molecule has 0 saturated heterocycles. The molecular formula is C13H13BrFNO4. The summed E-state index contributed by atoms with van der Waals surface area (Å²) in [5.41, 5.74) is 0. The molecule has 0 aliphatic rings. The van der Waals surface area contributed by atoms with Gasteiger partial charge in [0, 0.05) is 11.0 Å². The van der Waals surface area contributed by atoms with Crippen LogP contribution in [0.15, 0.2) is 35.3 Å². The number of carboxylic acids is 1. The largest absolute Gasteiger partial charge is 0.481 e. The molecule has 7 heteroatoms. The van der Waals surface area contributed by atoms with Gasteiger partial charge in [-0.2, -0.15) is 0 Å². The van der Waals surface area contributed by atoms with E-state index in [0.717, 1.165) is 4.90 Å². The Bertz CT molecular complexity index is 521. The van der Waals surface area contributed by atoms with Crippen LogP contribution in [-0.4, -0.2) is 41.6 Å². The fourth-order valence-corrected chi connectivity index (χ4v) is 1.73. The normalized spacial score (nSPS) is 9.90. The molecule has 0 bridgehead atoms. The van der Waals surface area contributed by atoms with Crippen molar-refractivity contribution in [3.05, 3.63) is 41.1 Å². The van der Waals surface area contributed by atoms with Crippen LogP contribution in [0.5, 0.6) is 5.75 Å². The predicted octanol–water partition coefficient (Wildman–Crippen LogP) is 2.07. The van der Waals surface area contributed by atoms with E-state index in [9.17, 15) is 14.0 Å². The van der Waals surface area contributed by atoms with Crippen LogP contribution in [0.1, 0.15) is 0 Å². The molecule has 5 nitrogen and oxygen atoms in total. The van der Waals surface area contributed by atoms with Crippen molar-refractivity contribution in [2.24, 2.45) is 0 Å². The summed E-state index contributed by atoms with van der Waals surface area (Å²) in [6.07, 6.45) is 1.40. The molecule has 1 rings (SSSR count). The monoisotopic (exact) mass is 345 g/mol. The summed E-state index contributed by atoms with van der Waals surface area (Å²) in [6.45, 7) is 2.61. The highest BCUT2D eigenvalue weighted by Gasteiger charge is 2.16. The third kappa shape index (κ3) is 5.00. The first-order chi connectivity index (χ1) is 9.43. The minimum absolute atomic E-state index is 0.0737. The number of rotatable bonds is 7. The lowest BCUT2D eigenvalue weighted by atomic mass is 10.3. The number of amides is 1. The minimum Gasteiger partial charge on any atom is -0.481 e. The predicted molar refractivity (Wildman–Crippen MR) is 74.0 cm³/mol. The Morgan fingerprint density at radius 2 is 2.20 bits per heavy atom. The number of hydrogen-bond donors (Lipinski definition) is 1. The second kappa shape index (κ2) is 7.64. The van der Waals surface area contributed by atoms with Crippen LogP contribution in [0.25, 0.3) is 0 Å². The van der Waals surface area contributed by atoms with Crippen LogP contribution >= 0.6 is 15.9 Å². The van der Waals surface area contributed by atoms with E-state index in [1.54, 1.807) is 6.07 Å². The molecule has 0 aliphatic heterocycles. The third-order valence-corrected chi connectivity index (χ3v) is 2.77. The van der Waals surface area contributed by atoms with Gasteiger partial charge in [-0.05, 0) is 18.2 Å². The Kier molecular flexibility index (Phi) is 6.17.